The van der Waals surface area contributed by atoms with Crippen LogP contribution in [0.5, 0.6) is 5.75 Å². The van der Waals surface area contributed by atoms with Crippen LogP contribution in [0.15, 0.2) is 45.8 Å². The number of aromatic nitrogens is 3. The van der Waals surface area contributed by atoms with Crippen LogP contribution in [0.1, 0.15) is 22.8 Å². The van der Waals surface area contributed by atoms with Gasteiger partial charge in [0.15, 0.2) is 0 Å². The predicted molar refractivity (Wildman–Crippen MR) is 109 cm³/mol. The van der Waals surface area contributed by atoms with E-state index < -0.39 is 27.9 Å². The van der Waals surface area contributed by atoms with Gasteiger partial charge in [-0.2, -0.15) is 0 Å². The van der Waals surface area contributed by atoms with Crippen molar-refractivity contribution in [3.05, 3.63) is 85.8 Å². The zero-order valence-electron chi connectivity index (χ0n) is 15.6. The molecule has 0 unspecified atom stereocenters. The van der Waals surface area contributed by atoms with E-state index in [4.69, 9.17) is 4.74 Å². The fourth-order valence-corrected chi connectivity index (χ4v) is 3.52. The standard InChI is InChI=1S/C19H16BrF2N3O4S/c1-11-6-16(29-9-12-2-3-13(21)7-15(12)22)18(20)19(26)25(11)8-14-4-5-23-17(24-14)10-30(27)28/h2-7,30H,8-10H2,1H3. The summed E-state index contributed by atoms with van der Waals surface area (Å²) in [4.78, 5) is 20.8. The van der Waals surface area contributed by atoms with Crippen LogP contribution in [0.25, 0.3) is 0 Å². The lowest BCUT2D eigenvalue weighted by atomic mass is 10.2. The average Bonchev–Trinajstić information content (AvgIpc) is 2.68. The van der Waals surface area contributed by atoms with Crippen LogP contribution < -0.4 is 10.3 Å². The molecule has 2 heterocycles. The van der Waals surface area contributed by atoms with Crippen molar-refractivity contribution in [1.82, 2.24) is 14.5 Å². The maximum absolute atomic E-state index is 13.8. The smallest absolute Gasteiger partial charge is 0.269 e. The summed E-state index contributed by atoms with van der Waals surface area (Å²) in [6.07, 6.45) is 1.43. The van der Waals surface area contributed by atoms with Gasteiger partial charge in [-0.1, -0.05) is 0 Å². The lowest BCUT2D eigenvalue weighted by molar-refractivity contribution is 0.295. The van der Waals surface area contributed by atoms with Crippen molar-refractivity contribution in [1.29, 1.82) is 0 Å². The molecule has 1 aromatic carbocycles. The minimum atomic E-state index is -2.66. The molecule has 158 valence electrons. The molecule has 0 aliphatic carbocycles. The Labute approximate surface area is 180 Å². The lowest BCUT2D eigenvalue weighted by Gasteiger charge is -2.15. The van der Waals surface area contributed by atoms with Crippen LogP contribution >= 0.6 is 15.9 Å². The van der Waals surface area contributed by atoms with E-state index in [0.717, 1.165) is 12.1 Å². The molecule has 2 aromatic heterocycles. The normalized spacial score (nSPS) is 11.1. The zero-order chi connectivity index (χ0) is 21.8. The molecule has 0 N–H and O–H groups in total. The molecule has 0 radical (unpaired) electrons. The molecule has 0 saturated carbocycles. The van der Waals surface area contributed by atoms with E-state index in [1.54, 1.807) is 19.1 Å². The monoisotopic (exact) mass is 499 g/mol. The first-order chi connectivity index (χ1) is 14.2. The van der Waals surface area contributed by atoms with Gasteiger partial charge in [0, 0.05) is 29.6 Å². The number of thiol groups is 1. The molecule has 0 aliphatic heterocycles. The molecule has 0 fully saturated rings. The van der Waals surface area contributed by atoms with E-state index in [0.29, 0.717) is 11.4 Å². The van der Waals surface area contributed by atoms with Crippen LogP contribution in [0, 0.1) is 18.6 Å². The summed E-state index contributed by atoms with van der Waals surface area (Å²) >= 11 is 3.20. The third-order valence-electron chi connectivity index (χ3n) is 4.17. The van der Waals surface area contributed by atoms with Crippen molar-refractivity contribution in [2.24, 2.45) is 0 Å². The highest BCUT2D eigenvalue weighted by molar-refractivity contribution is 9.10. The number of hydrogen-bond donors (Lipinski definition) is 1. The predicted octanol–water partition coefficient (Wildman–Crippen LogP) is 2.73. The van der Waals surface area contributed by atoms with Gasteiger partial charge in [0.25, 0.3) is 5.56 Å². The van der Waals surface area contributed by atoms with Crippen molar-refractivity contribution in [3.8, 4) is 5.75 Å². The van der Waals surface area contributed by atoms with E-state index in [-0.39, 0.29) is 40.5 Å². The van der Waals surface area contributed by atoms with Gasteiger partial charge in [-0.05, 0) is 41.1 Å². The number of aryl methyl sites for hydroxylation is 1. The molecular weight excluding hydrogens is 484 g/mol. The van der Waals surface area contributed by atoms with Gasteiger partial charge in [0.05, 0.1) is 12.2 Å². The van der Waals surface area contributed by atoms with E-state index >= 15 is 0 Å². The Balaban J connectivity index is 1.83. The van der Waals surface area contributed by atoms with Crippen LogP contribution in [0.3, 0.4) is 0 Å². The first-order valence-corrected chi connectivity index (χ1v) is 10.8. The molecule has 11 heteroatoms. The number of benzene rings is 1. The van der Waals surface area contributed by atoms with Gasteiger partial charge in [-0.15, -0.1) is 0 Å². The largest absolute Gasteiger partial charge is 0.487 e. The van der Waals surface area contributed by atoms with Gasteiger partial charge in [0.1, 0.15) is 50.7 Å². The minimum absolute atomic E-state index is 0.0985. The maximum atomic E-state index is 13.8. The van der Waals surface area contributed by atoms with Crippen LogP contribution in [-0.4, -0.2) is 23.0 Å². The summed E-state index contributed by atoms with van der Waals surface area (Å²) in [5.74, 6) is -1.35. The average molecular weight is 500 g/mol. The Kier molecular flexibility index (Phi) is 6.93. The third-order valence-corrected chi connectivity index (χ3v) is 5.44. The van der Waals surface area contributed by atoms with E-state index in [9.17, 15) is 22.0 Å². The van der Waals surface area contributed by atoms with Gasteiger partial charge >= 0.3 is 0 Å². The van der Waals surface area contributed by atoms with Gasteiger partial charge in [-0.3, -0.25) is 4.79 Å². The van der Waals surface area contributed by atoms with Gasteiger partial charge in [0.2, 0.25) is 0 Å². The summed E-state index contributed by atoms with van der Waals surface area (Å²) in [5, 5.41) is 0. The number of pyridine rings is 1. The molecule has 0 bridgehead atoms. The summed E-state index contributed by atoms with van der Waals surface area (Å²) < 4.78 is 55.7. The highest BCUT2D eigenvalue weighted by atomic mass is 79.9. The van der Waals surface area contributed by atoms with Gasteiger partial charge < -0.3 is 9.30 Å². The highest BCUT2D eigenvalue weighted by Gasteiger charge is 2.14. The topological polar surface area (TPSA) is 91.2 Å². The Morgan fingerprint density at radius 3 is 2.67 bits per heavy atom. The fraction of sp³-hybridized carbons (Fsp3) is 0.211. The molecule has 0 saturated heterocycles. The van der Waals surface area contributed by atoms with Crippen LogP contribution in [0.2, 0.25) is 0 Å². The maximum Gasteiger partial charge on any atom is 0.269 e. The van der Waals surface area contributed by atoms with Crippen molar-refractivity contribution in [2.45, 2.75) is 25.8 Å². The second-order valence-electron chi connectivity index (χ2n) is 6.33. The Bertz CT molecular complexity index is 1220. The summed E-state index contributed by atoms with van der Waals surface area (Å²) in [6, 6.07) is 6.34. The van der Waals surface area contributed by atoms with Crippen molar-refractivity contribution < 1.29 is 21.9 Å². The first kappa shape index (κ1) is 22.0. The SMILES string of the molecule is Cc1cc(OCc2ccc(F)cc2F)c(Br)c(=O)n1Cc1ccnc(C[SH](=O)=O)n1. The molecule has 0 spiro atoms. The fourth-order valence-electron chi connectivity index (χ4n) is 2.69. The number of nitrogens with zero attached hydrogens (tertiary/aromatic N) is 3. The molecule has 3 aromatic rings. The summed E-state index contributed by atoms with van der Waals surface area (Å²) in [7, 11) is -2.66. The number of rotatable bonds is 7. The van der Waals surface area contributed by atoms with E-state index in [1.165, 1.54) is 16.8 Å². The Morgan fingerprint density at radius 2 is 1.97 bits per heavy atom. The van der Waals surface area contributed by atoms with Crippen LogP contribution in [-0.2, 0) is 29.6 Å². The molecule has 7 nitrogen and oxygen atoms in total. The van der Waals surface area contributed by atoms with Crippen molar-refractivity contribution >= 4 is 26.6 Å². The quantitative estimate of drug-likeness (QED) is 0.502. The number of halogens is 3. The second-order valence-corrected chi connectivity index (χ2v) is 8.11. The number of ether oxygens (including phenoxy) is 1. The molecule has 0 atom stereocenters. The zero-order valence-corrected chi connectivity index (χ0v) is 18.1. The number of hydrogen-bond acceptors (Lipinski definition) is 6. The highest BCUT2D eigenvalue weighted by Crippen LogP contribution is 2.24. The summed E-state index contributed by atoms with van der Waals surface area (Å²) in [5.41, 5.74) is 0.763. The van der Waals surface area contributed by atoms with Crippen molar-refractivity contribution in [3.63, 3.8) is 0 Å². The van der Waals surface area contributed by atoms with Gasteiger partial charge in [-0.25, -0.2) is 27.2 Å². The van der Waals surface area contributed by atoms with E-state index in [1.807, 2.05) is 0 Å². The van der Waals surface area contributed by atoms with E-state index in [2.05, 4.69) is 25.9 Å². The molecule has 0 amide bonds. The Morgan fingerprint density at radius 1 is 1.20 bits per heavy atom. The molecule has 30 heavy (non-hydrogen) atoms. The minimum Gasteiger partial charge on any atom is -0.487 e. The first-order valence-electron chi connectivity index (χ1n) is 8.64. The lowest BCUT2D eigenvalue weighted by Crippen LogP contribution is -2.24. The summed E-state index contributed by atoms with van der Waals surface area (Å²) in [6.45, 7) is 1.60. The molecule has 3 rings (SSSR count). The third kappa shape index (κ3) is 5.28. The molecular formula is C19H16BrF2N3O4S. The van der Waals surface area contributed by atoms with Crippen molar-refractivity contribution in [2.75, 3.05) is 0 Å². The van der Waals surface area contributed by atoms with Crippen LogP contribution in [0.4, 0.5) is 8.78 Å². The second kappa shape index (κ2) is 9.43. The molecule has 0 aliphatic rings. The Hall–Kier alpha value is -2.66.